The lowest BCUT2D eigenvalue weighted by Crippen LogP contribution is -1.82. The summed E-state index contributed by atoms with van der Waals surface area (Å²) in [6.45, 7) is 2.27. The molecule has 0 amide bonds. The zero-order valence-electron chi connectivity index (χ0n) is 15.3. The van der Waals surface area contributed by atoms with Crippen molar-refractivity contribution in [3.05, 3.63) is 12.2 Å². The van der Waals surface area contributed by atoms with E-state index in [-0.39, 0.29) is 0 Å². The van der Waals surface area contributed by atoms with Gasteiger partial charge in [0.15, 0.2) is 0 Å². The molecule has 0 aliphatic heterocycles. The maximum Gasteiger partial charge on any atom is 0.00860 e. The van der Waals surface area contributed by atoms with Crippen molar-refractivity contribution in [3.8, 4) is 12.3 Å². The van der Waals surface area contributed by atoms with Crippen LogP contribution in [-0.4, -0.2) is 0 Å². The third-order valence-electron chi connectivity index (χ3n) is 4.33. The van der Waals surface area contributed by atoms with Crippen LogP contribution in [0, 0.1) is 12.3 Å². The van der Waals surface area contributed by atoms with Gasteiger partial charge in [0.25, 0.3) is 0 Å². The summed E-state index contributed by atoms with van der Waals surface area (Å²) >= 11 is 0. The number of hydrogen-bond donors (Lipinski definition) is 0. The summed E-state index contributed by atoms with van der Waals surface area (Å²) in [5, 5.41) is 0. The highest BCUT2D eigenvalue weighted by atomic mass is 14.0. The number of unbranched alkanes of at least 4 members (excludes halogenated alkanes) is 15. The molecule has 0 rings (SSSR count). The summed E-state index contributed by atoms with van der Waals surface area (Å²) in [6.07, 6.45) is 33.0. The number of terminal acetylenes is 1. The van der Waals surface area contributed by atoms with Gasteiger partial charge in [-0.25, -0.2) is 0 Å². The fourth-order valence-electron chi connectivity index (χ4n) is 2.83. The van der Waals surface area contributed by atoms with E-state index in [1.807, 2.05) is 0 Å². The molecule has 0 aliphatic carbocycles. The molecule has 0 N–H and O–H groups in total. The average Bonchev–Trinajstić information content (AvgIpc) is 2.54. The Morgan fingerprint density at radius 2 is 1.00 bits per heavy atom. The van der Waals surface area contributed by atoms with Crippen LogP contribution in [0.2, 0.25) is 0 Å². The molecule has 0 aromatic heterocycles. The average molecular weight is 305 g/mol. The van der Waals surface area contributed by atoms with Crippen molar-refractivity contribution in [1.29, 1.82) is 0 Å². The Morgan fingerprint density at radius 3 is 1.45 bits per heavy atom. The molecule has 0 aliphatic rings. The lowest BCUT2D eigenvalue weighted by atomic mass is 10.0. The van der Waals surface area contributed by atoms with Gasteiger partial charge in [-0.15, -0.1) is 12.3 Å². The van der Waals surface area contributed by atoms with Crippen LogP contribution in [0.5, 0.6) is 0 Å². The summed E-state index contributed by atoms with van der Waals surface area (Å²) in [6, 6.07) is 0. The molecule has 0 unspecified atom stereocenters. The van der Waals surface area contributed by atoms with Gasteiger partial charge in [-0.3, -0.25) is 0 Å². The first kappa shape index (κ1) is 21.3. The van der Waals surface area contributed by atoms with Crippen molar-refractivity contribution in [2.75, 3.05) is 0 Å². The molecule has 0 aromatic carbocycles. The van der Waals surface area contributed by atoms with Crippen molar-refractivity contribution in [1.82, 2.24) is 0 Å². The quantitative estimate of drug-likeness (QED) is 0.146. The molecule has 0 radical (unpaired) electrons. The maximum absolute atomic E-state index is 5.25. The van der Waals surface area contributed by atoms with Crippen LogP contribution < -0.4 is 0 Å². The van der Waals surface area contributed by atoms with Gasteiger partial charge in [0.2, 0.25) is 0 Å². The van der Waals surface area contributed by atoms with Gasteiger partial charge in [-0.1, -0.05) is 89.7 Å². The van der Waals surface area contributed by atoms with Gasteiger partial charge < -0.3 is 0 Å². The monoisotopic (exact) mass is 304 g/mol. The van der Waals surface area contributed by atoms with Crippen LogP contribution in [0.25, 0.3) is 0 Å². The van der Waals surface area contributed by atoms with Crippen molar-refractivity contribution in [2.24, 2.45) is 0 Å². The number of rotatable bonds is 17. The van der Waals surface area contributed by atoms with Crippen LogP contribution in [-0.2, 0) is 0 Å². The molecular formula is C22H40. The molecule has 0 bridgehead atoms. The van der Waals surface area contributed by atoms with Crippen LogP contribution in [0.3, 0.4) is 0 Å². The van der Waals surface area contributed by atoms with E-state index in [1.165, 1.54) is 103 Å². The first-order valence-corrected chi connectivity index (χ1v) is 10.00. The largest absolute Gasteiger partial charge is 0.120 e. The van der Waals surface area contributed by atoms with Crippen LogP contribution in [0.4, 0.5) is 0 Å². The normalized spacial score (nSPS) is 11.1. The van der Waals surface area contributed by atoms with E-state index in [1.54, 1.807) is 0 Å². The second-order valence-corrected chi connectivity index (χ2v) is 6.60. The van der Waals surface area contributed by atoms with Gasteiger partial charge in [0.1, 0.15) is 0 Å². The van der Waals surface area contributed by atoms with E-state index < -0.39 is 0 Å². The predicted molar refractivity (Wildman–Crippen MR) is 102 cm³/mol. The molecular weight excluding hydrogens is 264 g/mol. The minimum atomic E-state index is 0.965. The third-order valence-corrected chi connectivity index (χ3v) is 4.33. The van der Waals surface area contributed by atoms with Crippen LogP contribution >= 0.6 is 0 Å². The Morgan fingerprint density at radius 1 is 0.591 bits per heavy atom. The van der Waals surface area contributed by atoms with Crippen molar-refractivity contribution < 1.29 is 0 Å². The standard InChI is InChI=1S/C22H40/c1-3-5-7-9-11-13-15-17-19-21-22-20-18-16-14-12-10-8-6-4-2/h1,14,16H,4-13,15,17-22H2,2H3/b16-14-. The Kier molecular flexibility index (Phi) is 19.7. The molecule has 0 saturated heterocycles. The molecule has 128 valence electrons. The van der Waals surface area contributed by atoms with Gasteiger partial charge in [0.05, 0.1) is 0 Å². The lowest BCUT2D eigenvalue weighted by molar-refractivity contribution is 0.554. The van der Waals surface area contributed by atoms with Gasteiger partial charge >= 0.3 is 0 Å². The lowest BCUT2D eigenvalue weighted by Gasteiger charge is -2.01. The maximum atomic E-state index is 5.25. The van der Waals surface area contributed by atoms with E-state index in [2.05, 4.69) is 25.0 Å². The second-order valence-electron chi connectivity index (χ2n) is 6.60. The molecule has 0 heterocycles. The highest BCUT2D eigenvalue weighted by Crippen LogP contribution is 2.12. The van der Waals surface area contributed by atoms with Crippen LogP contribution in [0.1, 0.15) is 116 Å². The molecule has 22 heavy (non-hydrogen) atoms. The third kappa shape index (κ3) is 19.3. The van der Waals surface area contributed by atoms with E-state index >= 15 is 0 Å². The van der Waals surface area contributed by atoms with Gasteiger partial charge in [0, 0.05) is 6.42 Å². The van der Waals surface area contributed by atoms with E-state index in [0.29, 0.717) is 0 Å². The first-order chi connectivity index (χ1) is 10.9. The fourth-order valence-corrected chi connectivity index (χ4v) is 2.83. The summed E-state index contributed by atoms with van der Waals surface area (Å²) in [5.41, 5.74) is 0. The fraction of sp³-hybridized carbons (Fsp3) is 0.818. The molecule has 0 spiro atoms. The van der Waals surface area contributed by atoms with Crippen molar-refractivity contribution in [2.45, 2.75) is 116 Å². The predicted octanol–water partition coefficient (Wildman–Crippen LogP) is 7.83. The topological polar surface area (TPSA) is 0 Å². The van der Waals surface area contributed by atoms with Gasteiger partial charge in [-0.05, 0) is 32.1 Å². The highest BCUT2D eigenvalue weighted by molar-refractivity contribution is 4.82. The van der Waals surface area contributed by atoms with Crippen LogP contribution in [0.15, 0.2) is 12.2 Å². The number of hydrogen-bond acceptors (Lipinski definition) is 0. The zero-order chi connectivity index (χ0) is 16.1. The molecule has 0 fully saturated rings. The number of allylic oxidation sites excluding steroid dienone is 2. The van der Waals surface area contributed by atoms with E-state index in [4.69, 9.17) is 6.42 Å². The minimum Gasteiger partial charge on any atom is -0.120 e. The molecule has 0 heteroatoms. The SMILES string of the molecule is C#CCCCCCCCCCCCC/C=C\CCCCCC. The Labute approximate surface area is 141 Å². The van der Waals surface area contributed by atoms with Crippen molar-refractivity contribution in [3.63, 3.8) is 0 Å². The molecule has 0 saturated carbocycles. The Bertz CT molecular complexity index is 256. The minimum absolute atomic E-state index is 0.965. The van der Waals surface area contributed by atoms with Gasteiger partial charge in [-0.2, -0.15) is 0 Å². The zero-order valence-corrected chi connectivity index (χ0v) is 15.3. The molecule has 0 aromatic rings. The smallest absolute Gasteiger partial charge is 0.00860 e. The summed E-state index contributed by atoms with van der Waals surface area (Å²) in [7, 11) is 0. The molecule has 0 nitrogen and oxygen atoms in total. The Hall–Kier alpha value is -0.700. The first-order valence-electron chi connectivity index (χ1n) is 10.00. The highest BCUT2D eigenvalue weighted by Gasteiger charge is 1.92. The molecule has 0 atom stereocenters. The van der Waals surface area contributed by atoms with E-state index in [0.717, 1.165) is 6.42 Å². The van der Waals surface area contributed by atoms with E-state index in [9.17, 15) is 0 Å². The summed E-state index contributed by atoms with van der Waals surface area (Å²) < 4.78 is 0. The summed E-state index contributed by atoms with van der Waals surface area (Å²) in [5.74, 6) is 2.72. The second kappa shape index (κ2) is 20.3. The Balaban J connectivity index is 3.02. The summed E-state index contributed by atoms with van der Waals surface area (Å²) in [4.78, 5) is 0. The van der Waals surface area contributed by atoms with Crippen molar-refractivity contribution >= 4 is 0 Å².